The number of nitriles is 1. The Morgan fingerprint density at radius 3 is 2.93 bits per heavy atom. The lowest BCUT2D eigenvalue weighted by Crippen LogP contribution is -1.97. The number of hydrogen-bond acceptors (Lipinski definition) is 7. The fourth-order valence-electron chi connectivity index (χ4n) is 3.04. The van der Waals surface area contributed by atoms with Crippen LogP contribution in [0.5, 0.6) is 0 Å². The Bertz CT molecular complexity index is 1240. The Hall–Kier alpha value is -3.58. The summed E-state index contributed by atoms with van der Waals surface area (Å²) in [6, 6.07) is 6.27. The van der Waals surface area contributed by atoms with E-state index in [4.69, 9.17) is 0 Å². The number of anilines is 2. The molecule has 10 heteroatoms. The van der Waals surface area contributed by atoms with Gasteiger partial charge in [0.05, 0.1) is 11.6 Å². The van der Waals surface area contributed by atoms with Gasteiger partial charge >= 0.3 is 0 Å². The molecular formula is C19H15FN8S. The Kier molecular flexibility index (Phi) is 4.10. The first kappa shape index (κ1) is 17.5. The van der Waals surface area contributed by atoms with Crippen LogP contribution in [0.25, 0.3) is 16.3 Å². The number of aryl methyl sites for hydroxylation is 1. The first-order valence-corrected chi connectivity index (χ1v) is 9.84. The monoisotopic (exact) mass is 406 g/mol. The number of rotatable bonds is 5. The molecule has 3 aromatic heterocycles. The van der Waals surface area contributed by atoms with Crippen LogP contribution < -0.4 is 5.32 Å². The third-order valence-corrected chi connectivity index (χ3v) is 5.66. The minimum absolute atomic E-state index is 0.255. The molecule has 0 unspecified atom stereocenters. The van der Waals surface area contributed by atoms with Gasteiger partial charge in [0, 0.05) is 23.9 Å². The molecule has 3 heterocycles. The normalized spacial score (nSPS) is 13.4. The molecule has 4 aromatic rings. The summed E-state index contributed by atoms with van der Waals surface area (Å²) in [6.45, 7) is 1.86. The number of nitrogens with one attached hydrogen (secondary N) is 2. The standard InChI is InChI=1S/C19H15FN8S/c1-10-22-6-7-28(10)17-15(13-8-11(9-21)2-5-14(13)20)23-19(29-17)25-18-24-16(26-27-18)12-3-4-12/h2,5-8,12H,3-4H2,1H3,(H2,23,24,25,26,27). The van der Waals surface area contributed by atoms with E-state index in [2.05, 4.69) is 30.5 Å². The van der Waals surface area contributed by atoms with Gasteiger partial charge in [-0.25, -0.2) is 14.4 Å². The lowest BCUT2D eigenvalue weighted by Gasteiger charge is -2.06. The molecule has 0 bridgehead atoms. The van der Waals surface area contributed by atoms with E-state index in [1.807, 2.05) is 17.6 Å². The summed E-state index contributed by atoms with van der Waals surface area (Å²) in [6.07, 6.45) is 5.70. The summed E-state index contributed by atoms with van der Waals surface area (Å²) in [5, 5.41) is 20.7. The van der Waals surface area contributed by atoms with Gasteiger partial charge in [-0.1, -0.05) is 11.3 Å². The number of nitrogens with zero attached hydrogens (tertiary/aromatic N) is 6. The summed E-state index contributed by atoms with van der Waals surface area (Å²) in [7, 11) is 0. The van der Waals surface area contributed by atoms with Gasteiger partial charge in [-0.05, 0) is 38.0 Å². The van der Waals surface area contributed by atoms with Crippen LogP contribution in [-0.2, 0) is 0 Å². The predicted molar refractivity (Wildman–Crippen MR) is 106 cm³/mol. The molecule has 8 nitrogen and oxygen atoms in total. The fourth-order valence-corrected chi connectivity index (χ4v) is 4.04. The predicted octanol–water partition coefficient (Wildman–Crippen LogP) is 4.05. The number of thiazole rings is 1. The van der Waals surface area contributed by atoms with Crippen molar-refractivity contribution >= 4 is 22.4 Å². The summed E-state index contributed by atoms with van der Waals surface area (Å²) >= 11 is 1.33. The van der Waals surface area contributed by atoms with E-state index >= 15 is 0 Å². The Balaban J connectivity index is 1.59. The minimum atomic E-state index is -0.450. The van der Waals surface area contributed by atoms with Crippen LogP contribution in [0.15, 0.2) is 30.6 Å². The topological polar surface area (TPSA) is 108 Å². The molecule has 1 aromatic carbocycles. The average molecular weight is 406 g/mol. The zero-order valence-corrected chi connectivity index (χ0v) is 16.2. The molecule has 0 saturated heterocycles. The van der Waals surface area contributed by atoms with E-state index in [0.29, 0.717) is 33.3 Å². The number of hydrogen-bond donors (Lipinski definition) is 2. The highest BCUT2D eigenvalue weighted by molar-refractivity contribution is 7.18. The van der Waals surface area contributed by atoms with Crippen molar-refractivity contribution < 1.29 is 4.39 Å². The van der Waals surface area contributed by atoms with Gasteiger partial charge < -0.3 is 0 Å². The molecule has 144 valence electrons. The average Bonchev–Trinajstić information content (AvgIpc) is 3.10. The molecule has 2 N–H and O–H groups in total. The number of imidazole rings is 1. The second-order valence-corrected chi connectivity index (χ2v) is 7.74. The van der Waals surface area contributed by atoms with Crippen LogP contribution in [0.1, 0.15) is 36.0 Å². The van der Waals surface area contributed by atoms with Crippen molar-refractivity contribution in [2.75, 3.05) is 5.32 Å². The van der Waals surface area contributed by atoms with Gasteiger partial charge in [0.2, 0.25) is 5.95 Å². The van der Waals surface area contributed by atoms with Gasteiger partial charge in [0.25, 0.3) is 0 Å². The molecule has 0 radical (unpaired) electrons. The van der Waals surface area contributed by atoms with Crippen LogP contribution in [0.4, 0.5) is 15.5 Å². The molecule has 29 heavy (non-hydrogen) atoms. The second-order valence-electron chi connectivity index (χ2n) is 6.77. The summed E-state index contributed by atoms with van der Waals surface area (Å²) in [5.74, 6) is 2.04. The second kappa shape index (κ2) is 6.79. The van der Waals surface area contributed by atoms with Gasteiger partial charge in [0.1, 0.15) is 28.2 Å². The Labute approximate surface area is 169 Å². The van der Waals surface area contributed by atoms with Crippen molar-refractivity contribution in [2.45, 2.75) is 25.7 Å². The SMILES string of the molecule is Cc1nccn1-c1sc(Nc2n[nH]c(C3CC3)n2)nc1-c1cc(C#N)ccc1F. The molecule has 1 saturated carbocycles. The minimum Gasteiger partial charge on any atom is -0.299 e. The molecule has 1 fully saturated rings. The third kappa shape index (κ3) is 3.25. The smallest absolute Gasteiger partial charge is 0.248 e. The van der Waals surface area contributed by atoms with Gasteiger partial charge in [-0.15, -0.1) is 5.10 Å². The molecule has 1 aliphatic rings. The van der Waals surface area contributed by atoms with Crippen molar-refractivity contribution in [1.29, 1.82) is 5.26 Å². The zero-order chi connectivity index (χ0) is 20.0. The van der Waals surface area contributed by atoms with Crippen LogP contribution >= 0.6 is 11.3 Å². The van der Waals surface area contributed by atoms with Gasteiger partial charge in [-0.3, -0.25) is 15.0 Å². The maximum Gasteiger partial charge on any atom is 0.248 e. The number of aromatic amines is 1. The Morgan fingerprint density at radius 1 is 1.34 bits per heavy atom. The van der Waals surface area contributed by atoms with Crippen LogP contribution in [0, 0.1) is 24.1 Å². The quantitative estimate of drug-likeness (QED) is 0.518. The maximum atomic E-state index is 14.6. The number of H-pyrrole nitrogens is 1. The molecule has 1 aliphatic carbocycles. The van der Waals surface area contributed by atoms with Crippen LogP contribution in [-0.4, -0.2) is 29.7 Å². The summed E-state index contributed by atoms with van der Waals surface area (Å²) in [5.41, 5.74) is 1.04. The van der Waals surface area contributed by atoms with Gasteiger partial charge in [0.15, 0.2) is 5.13 Å². The number of benzene rings is 1. The highest BCUT2D eigenvalue weighted by atomic mass is 32.1. The third-order valence-electron chi connectivity index (χ3n) is 4.69. The molecule has 0 atom stereocenters. The van der Waals surface area contributed by atoms with E-state index in [0.717, 1.165) is 24.5 Å². The van der Waals surface area contributed by atoms with E-state index in [1.54, 1.807) is 12.4 Å². The van der Waals surface area contributed by atoms with E-state index in [-0.39, 0.29) is 5.56 Å². The molecule has 5 rings (SSSR count). The maximum absolute atomic E-state index is 14.6. The van der Waals surface area contributed by atoms with Crippen LogP contribution in [0.2, 0.25) is 0 Å². The molecular weight excluding hydrogens is 391 g/mol. The number of aromatic nitrogens is 6. The van der Waals surface area contributed by atoms with Crippen LogP contribution in [0.3, 0.4) is 0 Å². The van der Waals surface area contributed by atoms with Gasteiger partial charge in [-0.2, -0.15) is 10.2 Å². The van der Waals surface area contributed by atoms with Crippen molar-refractivity contribution in [3.05, 3.63) is 53.6 Å². The summed E-state index contributed by atoms with van der Waals surface area (Å²) < 4.78 is 16.5. The van der Waals surface area contributed by atoms with E-state index < -0.39 is 5.82 Å². The van der Waals surface area contributed by atoms with E-state index in [9.17, 15) is 9.65 Å². The molecule has 0 aliphatic heterocycles. The lowest BCUT2D eigenvalue weighted by atomic mass is 10.1. The van der Waals surface area contributed by atoms with Crippen molar-refractivity contribution in [2.24, 2.45) is 0 Å². The Morgan fingerprint density at radius 2 is 2.21 bits per heavy atom. The summed E-state index contributed by atoms with van der Waals surface area (Å²) in [4.78, 5) is 13.3. The van der Waals surface area contributed by atoms with Crippen molar-refractivity contribution in [3.8, 4) is 22.3 Å². The molecule has 0 spiro atoms. The first-order chi connectivity index (χ1) is 14.1. The van der Waals surface area contributed by atoms with Crippen molar-refractivity contribution in [3.63, 3.8) is 0 Å². The number of halogens is 1. The first-order valence-electron chi connectivity index (χ1n) is 9.03. The highest BCUT2D eigenvalue weighted by Crippen LogP contribution is 2.39. The largest absolute Gasteiger partial charge is 0.299 e. The zero-order valence-electron chi connectivity index (χ0n) is 15.3. The van der Waals surface area contributed by atoms with Crippen molar-refractivity contribution in [1.82, 2.24) is 29.7 Å². The lowest BCUT2D eigenvalue weighted by molar-refractivity contribution is 0.630. The fraction of sp³-hybridized carbons (Fsp3) is 0.211. The highest BCUT2D eigenvalue weighted by Gasteiger charge is 2.27. The molecule has 0 amide bonds. The van der Waals surface area contributed by atoms with E-state index in [1.165, 1.54) is 29.5 Å².